The number of phenols is 1. The van der Waals surface area contributed by atoms with Gasteiger partial charge in [0.25, 0.3) is 0 Å². The van der Waals surface area contributed by atoms with E-state index in [1.165, 1.54) is 72.5 Å². The number of aromatic hydroxyl groups is 1. The molecule has 9 nitrogen and oxygen atoms in total. The smallest absolute Gasteiger partial charge is 0.160 e. The molecule has 4 aromatic heterocycles. The summed E-state index contributed by atoms with van der Waals surface area (Å²) in [4.78, 5) is 19.6. The highest BCUT2D eigenvalue weighted by Gasteiger charge is 2.18. The topological polar surface area (TPSA) is 124 Å². The molecule has 5 aromatic rings. The Morgan fingerprint density at radius 2 is 1.21 bits per heavy atom. The molecule has 0 saturated carbocycles. The van der Waals surface area contributed by atoms with Gasteiger partial charge < -0.3 is 9.84 Å². The Hall–Kier alpha value is -3.39. The maximum atomic E-state index is 11.3. The Morgan fingerprint density at radius 3 is 1.87 bits per heavy atom. The number of thiophene rings is 4. The predicted molar refractivity (Wildman–Crippen MR) is 221 cm³/mol. The number of unbranched alkanes of at least 4 members (excludes halogenated alkanes) is 9. The molecule has 0 radical (unpaired) electrons. The minimum absolute atomic E-state index is 0. The summed E-state index contributed by atoms with van der Waals surface area (Å²) in [6.07, 6.45) is 14.1. The fourth-order valence-corrected chi connectivity index (χ4v) is 9.22. The number of carbonyl (C=O) groups excluding carboxylic acids is 1. The third-order valence-electron chi connectivity index (χ3n) is 7.89. The van der Waals surface area contributed by atoms with Crippen molar-refractivity contribution in [1.29, 1.82) is 0 Å². The lowest BCUT2D eigenvalue weighted by Gasteiger charge is -2.14. The fraction of sp³-hybridized carbons (Fsp3) is 0.359. The molecule has 0 saturated heterocycles. The maximum absolute atomic E-state index is 11.3. The first-order chi connectivity index (χ1) is 25.5. The van der Waals surface area contributed by atoms with Crippen LogP contribution < -0.4 is 4.74 Å². The van der Waals surface area contributed by atoms with E-state index in [1.54, 1.807) is 34.0 Å². The molecule has 13 heteroatoms. The van der Waals surface area contributed by atoms with E-state index in [2.05, 4.69) is 76.2 Å². The third-order valence-corrected chi connectivity index (χ3v) is 12.5. The van der Waals surface area contributed by atoms with Gasteiger partial charge in [0.15, 0.2) is 6.29 Å². The Balaban J connectivity index is 0. The van der Waals surface area contributed by atoms with Gasteiger partial charge in [-0.1, -0.05) is 77.1 Å². The number of carbonyl (C=O) groups is 1. The largest absolute Gasteiger partial charge is 0.507 e. The van der Waals surface area contributed by atoms with Crippen LogP contribution in [0.2, 0.25) is 0 Å². The van der Waals surface area contributed by atoms with Crippen LogP contribution in [0.4, 0.5) is 0 Å². The second-order valence-corrected chi connectivity index (χ2v) is 16.1. The summed E-state index contributed by atoms with van der Waals surface area (Å²) < 4.78 is 6.42. The predicted octanol–water partition coefficient (Wildman–Crippen LogP) is 14.2. The van der Waals surface area contributed by atoms with Crippen molar-refractivity contribution in [3.8, 4) is 63.7 Å². The molecular formula is C39H54O9S4. The van der Waals surface area contributed by atoms with Gasteiger partial charge in [0.05, 0.1) is 16.4 Å². The zero-order chi connectivity index (χ0) is 37.0. The number of benzene rings is 1. The minimum atomic E-state index is 0. The van der Waals surface area contributed by atoms with Gasteiger partial charge in [-0.3, -0.25) is 4.79 Å². The zero-order valence-corrected chi connectivity index (χ0v) is 32.5. The summed E-state index contributed by atoms with van der Waals surface area (Å²) in [5.41, 5.74) is 1.67. The van der Waals surface area contributed by atoms with Crippen molar-refractivity contribution in [3.63, 3.8) is 0 Å². The van der Waals surface area contributed by atoms with E-state index in [0.717, 1.165) is 66.8 Å². The molecule has 1 aromatic carbocycles. The highest BCUT2D eigenvalue weighted by molar-refractivity contribution is 7.25. The van der Waals surface area contributed by atoms with Gasteiger partial charge >= 0.3 is 0 Å². The van der Waals surface area contributed by atoms with Crippen LogP contribution in [0.25, 0.3) is 40.4 Å². The Bertz CT molecular complexity index is 1860. The van der Waals surface area contributed by atoms with Gasteiger partial charge in [-0.05, 0) is 93.7 Å². The summed E-state index contributed by atoms with van der Waals surface area (Å²) in [7, 11) is 0. The Kier molecular flexibility index (Phi) is 18.5. The van der Waals surface area contributed by atoms with E-state index in [1.807, 2.05) is 30.3 Å². The minimum Gasteiger partial charge on any atom is -0.507 e. The molecule has 288 valence electrons. The number of aldehydes is 1. The standard InChI is InChI=1S/C39H42O3S4.H2O6.5H2/c1-3-5-7-9-10-11-12-13-15-28-16-18-36(43-28)38-23-21-35(46-38)31-25-32(41)30(26-33(31)42-24-14-8-6-4-2)34-20-22-39(45-34)37-19-17-29(27-40)44-37;1-3-5-6-4-2;;;;;/h16-23,25-27,41H,3-12,14,24H2,1-2H3;1-2H;5*1H. The second-order valence-electron chi connectivity index (χ2n) is 11.7. The normalized spacial score (nSPS) is 10.8. The Labute approximate surface area is 328 Å². The number of phenolic OH excluding ortho intramolecular Hbond substituents is 1. The summed E-state index contributed by atoms with van der Waals surface area (Å²) in [5, 5.41) is 37.3. The van der Waals surface area contributed by atoms with E-state index in [0.29, 0.717) is 11.5 Å². The van der Waals surface area contributed by atoms with Crippen LogP contribution in [0.5, 0.6) is 11.5 Å². The van der Waals surface area contributed by atoms with E-state index in [4.69, 9.17) is 15.3 Å². The number of hydrogen-bond donors (Lipinski definition) is 3. The molecular weight excluding hydrogens is 741 g/mol. The van der Waals surface area contributed by atoms with Crippen molar-refractivity contribution in [3.05, 3.63) is 70.4 Å². The molecule has 0 fully saturated rings. The molecule has 5 rings (SSSR count). The molecule has 4 heterocycles. The molecule has 0 aliphatic rings. The first-order valence-corrected chi connectivity index (χ1v) is 20.6. The molecule has 0 aliphatic heterocycles. The first kappa shape index (κ1) is 41.4. The lowest BCUT2D eigenvalue weighted by atomic mass is 10.1. The van der Waals surface area contributed by atoms with Crippen LogP contribution in [0.15, 0.2) is 60.7 Å². The molecule has 0 unspecified atom stereocenters. The third kappa shape index (κ3) is 12.9. The van der Waals surface area contributed by atoms with Crippen LogP contribution in [-0.2, 0) is 20.2 Å². The number of ether oxygens (including phenoxy) is 1. The zero-order valence-electron chi connectivity index (χ0n) is 29.3. The summed E-state index contributed by atoms with van der Waals surface area (Å²) in [6.45, 7) is 5.11. The van der Waals surface area contributed by atoms with Gasteiger partial charge in [-0.25, -0.2) is 10.5 Å². The SMILES string of the molecule is CCCCCCCCC#Cc1ccc(-c2ccc(-c3cc(O)c(-c4ccc(-c5ccc(C=O)s5)s4)cc3OCCCCCC)s2)s1.OOOOOO.[HH].[HH].[HH].[HH].[HH]. The highest BCUT2D eigenvalue weighted by Crippen LogP contribution is 2.47. The molecule has 0 atom stereocenters. The maximum Gasteiger partial charge on any atom is 0.160 e. The summed E-state index contributed by atoms with van der Waals surface area (Å²) >= 11 is 6.55. The van der Waals surface area contributed by atoms with Crippen LogP contribution in [0.1, 0.15) is 106 Å². The number of rotatable bonds is 20. The van der Waals surface area contributed by atoms with Gasteiger partial charge in [0.2, 0.25) is 0 Å². The highest BCUT2D eigenvalue weighted by atomic mass is 32.1. The van der Waals surface area contributed by atoms with E-state index in [-0.39, 0.29) is 12.9 Å². The fourth-order valence-electron chi connectivity index (χ4n) is 5.27. The average molecular weight is 795 g/mol. The molecule has 0 spiro atoms. The summed E-state index contributed by atoms with van der Waals surface area (Å²) in [6, 6.07) is 20.4. The monoisotopic (exact) mass is 794 g/mol. The van der Waals surface area contributed by atoms with Crippen LogP contribution in [0, 0.1) is 11.8 Å². The molecule has 0 aliphatic carbocycles. The van der Waals surface area contributed by atoms with Crippen molar-refractivity contribution in [2.24, 2.45) is 0 Å². The van der Waals surface area contributed by atoms with E-state index >= 15 is 0 Å². The van der Waals surface area contributed by atoms with E-state index in [9.17, 15) is 9.90 Å². The van der Waals surface area contributed by atoms with Crippen LogP contribution >= 0.6 is 45.3 Å². The van der Waals surface area contributed by atoms with Gasteiger partial charge in [-0.15, -0.1) is 45.3 Å². The van der Waals surface area contributed by atoms with Crippen molar-refractivity contribution in [2.75, 3.05) is 6.61 Å². The second kappa shape index (κ2) is 23.3. The van der Waals surface area contributed by atoms with Gasteiger partial charge in [0, 0.05) is 53.9 Å². The molecule has 3 N–H and O–H groups in total. The molecule has 52 heavy (non-hydrogen) atoms. The van der Waals surface area contributed by atoms with Crippen LogP contribution in [-0.4, -0.2) is 28.5 Å². The average Bonchev–Trinajstić information content (AvgIpc) is 3.99. The lowest BCUT2D eigenvalue weighted by Crippen LogP contribution is -1.99. The Morgan fingerprint density at radius 1 is 0.654 bits per heavy atom. The van der Waals surface area contributed by atoms with E-state index < -0.39 is 0 Å². The van der Waals surface area contributed by atoms with Crippen molar-refractivity contribution in [2.45, 2.75) is 84.5 Å². The lowest BCUT2D eigenvalue weighted by molar-refractivity contribution is -0.749. The van der Waals surface area contributed by atoms with Crippen molar-refractivity contribution in [1.82, 2.24) is 0 Å². The quantitative estimate of drug-likeness (QED) is 0.0232. The van der Waals surface area contributed by atoms with Gasteiger partial charge in [-0.2, -0.15) is 0 Å². The van der Waals surface area contributed by atoms with Crippen molar-refractivity contribution >= 4 is 51.6 Å². The molecule has 0 bridgehead atoms. The first-order valence-electron chi connectivity index (χ1n) is 17.3. The number of hydrogen-bond acceptors (Lipinski definition) is 13. The molecule has 0 amide bonds. The van der Waals surface area contributed by atoms with Crippen molar-refractivity contribution < 1.29 is 52.4 Å². The summed E-state index contributed by atoms with van der Waals surface area (Å²) in [5.74, 6) is 7.77. The van der Waals surface area contributed by atoms with Gasteiger partial charge in [0.1, 0.15) is 11.5 Å². The van der Waals surface area contributed by atoms with Crippen LogP contribution in [0.3, 0.4) is 0 Å².